The lowest BCUT2D eigenvalue weighted by atomic mass is 9.84. The highest BCUT2D eigenvalue weighted by molar-refractivity contribution is 5.74. The van der Waals surface area contributed by atoms with Crippen LogP contribution in [0.1, 0.15) is 12.8 Å². The van der Waals surface area contributed by atoms with Crippen LogP contribution in [-0.4, -0.2) is 155 Å². The van der Waals surface area contributed by atoms with Gasteiger partial charge in [-0.15, -0.1) is 0 Å². The molecule has 42 heavy (non-hydrogen) atoms. The van der Waals surface area contributed by atoms with Crippen LogP contribution < -0.4 is 39.3 Å². The number of alkyl halides is 1. The van der Waals surface area contributed by atoms with Crippen LogP contribution in [0.5, 0.6) is 0 Å². The molecule has 0 aromatic rings. The van der Waals surface area contributed by atoms with Crippen molar-refractivity contribution >= 4 is 12.0 Å². The fraction of sp³-hybridized carbons (Fsp3) is 0.909. The van der Waals surface area contributed by atoms with E-state index in [1.807, 2.05) is 0 Å². The van der Waals surface area contributed by atoms with Gasteiger partial charge in [-0.2, -0.15) is 0 Å². The van der Waals surface area contributed by atoms with Crippen molar-refractivity contribution in [1.82, 2.24) is 15.7 Å². The number of nitrogens with zero attached hydrogens (tertiary/aromatic N) is 1. The summed E-state index contributed by atoms with van der Waals surface area (Å²) in [6.07, 6.45) is -14.7. The average Bonchev–Trinajstić information content (AvgIpc) is 2.93. The Labute approximate surface area is 240 Å². The van der Waals surface area contributed by atoms with Crippen molar-refractivity contribution in [1.29, 1.82) is 5.41 Å². The normalized spacial score (nSPS) is 42.5. The lowest BCUT2D eigenvalue weighted by Crippen LogP contribution is -2.69. The van der Waals surface area contributed by atoms with Crippen molar-refractivity contribution in [3.05, 3.63) is 0 Å². The number of hydroxylamine groups is 2. The van der Waals surface area contributed by atoms with E-state index in [2.05, 4.69) is 10.6 Å². The minimum absolute atomic E-state index is 0.0506. The number of guanidine groups is 1. The number of ether oxygens (including phenoxy) is 4. The van der Waals surface area contributed by atoms with E-state index >= 15 is 4.39 Å². The van der Waals surface area contributed by atoms with Gasteiger partial charge >= 0.3 is 6.03 Å². The third kappa shape index (κ3) is 7.91. The topological polar surface area (TPSA) is 336 Å². The fourth-order valence-corrected chi connectivity index (χ4v) is 5.26. The molecule has 1 saturated carbocycles. The van der Waals surface area contributed by atoms with Crippen LogP contribution in [0, 0.1) is 5.41 Å². The van der Waals surface area contributed by atoms with Gasteiger partial charge in [0.2, 0.25) is 0 Å². The van der Waals surface area contributed by atoms with E-state index < -0.39 is 104 Å². The Bertz CT molecular complexity index is 902. The van der Waals surface area contributed by atoms with Crippen LogP contribution in [0.2, 0.25) is 0 Å². The third-order valence-corrected chi connectivity index (χ3v) is 7.48. The molecule has 2 heterocycles. The van der Waals surface area contributed by atoms with Crippen molar-refractivity contribution in [2.75, 3.05) is 26.2 Å². The second-order valence-corrected chi connectivity index (χ2v) is 10.5. The average molecular weight is 614 g/mol. The number of amides is 2. The molecular formula is C22H44FN9O10. The zero-order valence-corrected chi connectivity index (χ0v) is 22.8. The molecule has 0 spiro atoms. The van der Waals surface area contributed by atoms with Crippen molar-refractivity contribution in [2.24, 2.45) is 28.7 Å². The van der Waals surface area contributed by atoms with Gasteiger partial charge in [0.1, 0.15) is 30.5 Å². The van der Waals surface area contributed by atoms with Gasteiger partial charge in [-0.25, -0.2) is 14.2 Å². The molecular weight excluding hydrogens is 569 g/mol. The maximum absolute atomic E-state index is 16.3. The highest BCUT2D eigenvalue weighted by Gasteiger charge is 2.52. The van der Waals surface area contributed by atoms with Crippen molar-refractivity contribution in [3.8, 4) is 0 Å². The molecule has 14 atom stereocenters. The van der Waals surface area contributed by atoms with Crippen LogP contribution in [0.25, 0.3) is 0 Å². The van der Waals surface area contributed by atoms with Gasteiger partial charge in [-0.3, -0.25) is 10.6 Å². The Morgan fingerprint density at radius 2 is 1.64 bits per heavy atom. The Kier molecular flexibility index (Phi) is 12.4. The number of nitrogens with two attached hydrogens (primary N) is 5. The summed E-state index contributed by atoms with van der Waals surface area (Å²) in [5, 5.41) is 63.7. The van der Waals surface area contributed by atoms with Gasteiger partial charge in [-0.1, -0.05) is 0 Å². The molecule has 18 N–H and O–H groups in total. The van der Waals surface area contributed by atoms with Crippen LogP contribution >= 0.6 is 0 Å². The van der Waals surface area contributed by atoms with Gasteiger partial charge in [0, 0.05) is 19.1 Å². The smallest absolute Gasteiger partial charge is 0.341 e. The van der Waals surface area contributed by atoms with E-state index in [0.29, 0.717) is 0 Å². The number of hydrogen-bond donors (Lipinski definition) is 13. The molecule has 244 valence electrons. The Morgan fingerprint density at radius 1 is 1.00 bits per heavy atom. The number of urea groups is 1. The number of rotatable bonds is 10. The number of carbonyl (C=O) groups is 1. The third-order valence-electron chi connectivity index (χ3n) is 7.48. The fourth-order valence-electron chi connectivity index (χ4n) is 5.26. The minimum atomic E-state index is -2.14. The van der Waals surface area contributed by atoms with E-state index in [4.69, 9.17) is 53.0 Å². The zero-order chi connectivity index (χ0) is 31.3. The first-order valence-corrected chi connectivity index (χ1v) is 13.5. The maximum atomic E-state index is 16.3. The summed E-state index contributed by atoms with van der Waals surface area (Å²) in [7, 11) is 0. The maximum Gasteiger partial charge on any atom is 0.341 e. The van der Waals surface area contributed by atoms with Gasteiger partial charge in [0.05, 0.1) is 43.5 Å². The molecule has 7 unspecified atom stereocenters. The number of carbonyl (C=O) groups excluding carboxylic acids is 1. The molecule has 3 fully saturated rings. The van der Waals surface area contributed by atoms with Crippen LogP contribution in [-0.2, 0) is 18.9 Å². The Morgan fingerprint density at radius 3 is 2.24 bits per heavy atom. The van der Waals surface area contributed by atoms with E-state index in [0.717, 1.165) is 0 Å². The summed E-state index contributed by atoms with van der Waals surface area (Å²) >= 11 is 0. The highest BCUT2D eigenvalue weighted by atomic mass is 19.1. The monoisotopic (exact) mass is 613 g/mol. The van der Waals surface area contributed by atoms with E-state index in [9.17, 15) is 30.4 Å². The molecule has 0 aromatic heterocycles. The summed E-state index contributed by atoms with van der Waals surface area (Å²) < 4.78 is 39.1. The van der Waals surface area contributed by atoms with Gasteiger partial charge in [-0.05, 0) is 12.8 Å². The summed E-state index contributed by atoms with van der Waals surface area (Å²) in [4.78, 5) is 12.6. The zero-order valence-electron chi connectivity index (χ0n) is 22.8. The van der Waals surface area contributed by atoms with E-state index in [-0.39, 0.29) is 37.5 Å². The first-order valence-electron chi connectivity index (χ1n) is 13.5. The highest BCUT2D eigenvalue weighted by Crippen LogP contribution is 2.33. The summed E-state index contributed by atoms with van der Waals surface area (Å²) in [6, 6.07) is -5.59. The molecule has 0 radical (unpaired) electrons. The number of nitrogens with one attached hydrogen (secondary N) is 3. The van der Waals surface area contributed by atoms with E-state index in [1.165, 1.54) is 0 Å². The molecule has 3 rings (SSSR count). The van der Waals surface area contributed by atoms with Crippen LogP contribution in [0.15, 0.2) is 0 Å². The lowest BCUT2D eigenvalue weighted by Gasteiger charge is -2.48. The molecule has 2 amide bonds. The standard InChI is InChI=1S/C22H44FN9O10/c23-13-17(41-19-8(27)4-10(34)11(5-25)39-19)7(26)3-9(30-22(37)32(38)2-1-24)18(13)42-20-16(36)14(31-21(28)29)15(35)12(6-33)40-20/h7-20,33-36,38H,1-6,24-27H2,(H,30,37)(H4,28,29,31)/t7?,8?,9-,10+,11?,12-,13?,14-,15?,16-,17-,18?,19-,20?/m1/s1. The molecule has 3 aliphatic rings. The molecule has 0 aromatic carbocycles. The molecule has 2 aliphatic heterocycles. The summed E-state index contributed by atoms with van der Waals surface area (Å²) in [5.41, 5.74) is 28.7. The largest absolute Gasteiger partial charge is 0.394 e. The molecule has 0 bridgehead atoms. The number of aliphatic hydroxyl groups excluding tert-OH is 4. The molecule has 20 heteroatoms. The van der Waals surface area contributed by atoms with Gasteiger partial charge < -0.3 is 78.7 Å². The first kappa shape index (κ1) is 34.4. The second kappa shape index (κ2) is 15.1. The summed E-state index contributed by atoms with van der Waals surface area (Å²) in [5.74, 6) is -0.617. The van der Waals surface area contributed by atoms with Crippen molar-refractivity contribution in [2.45, 2.75) is 98.5 Å². The Hall–Kier alpha value is -2.05. The molecule has 19 nitrogen and oxygen atoms in total. The van der Waals surface area contributed by atoms with Gasteiger partial charge in [0.15, 0.2) is 24.7 Å². The lowest BCUT2D eigenvalue weighted by molar-refractivity contribution is -0.311. The first-order chi connectivity index (χ1) is 19.8. The number of hydrogen-bond acceptors (Lipinski definition) is 15. The van der Waals surface area contributed by atoms with Gasteiger partial charge in [0.25, 0.3) is 0 Å². The molecule has 1 aliphatic carbocycles. The predicted octanol–water partition coefficient (Wildman–Crippen LogP) is -6.39. The van der Waals surface area contributed by atoms with Crippen LogP contribution in [0.4, 0.5) is 9.18 Å². The molecule has 2 saturated heterocycles. The minimum Gasteiger partial charge on any atom is -0.394 e. The quantitative estimate of drug-likeness (QED) is 0.0471. The Balaban J connectivity index is 1.87. The van der Waals surface area contributed by atoms with Crippen LogP contribution in [0.3, 0.4) is 0 Å². The second-order valence-electron chi connectivity index (χ2n) is 10.5. The van der Waals surface area contributed by atoms with E-state index in [1.54, 1.807) is 0 Å². The SMILES string of the molecule is N=C(N)N[C@@H]1C(O)[C@@H](CO)OC(OC2C(F)[C@H](O[C@H]3OC(CN)[C@@H](O)CC3N)C(N)C[C@H]2NC(=O)N(O)CCN)[C@@H]1O. The predicted molar refractivity (Wildman–Crippen MR) is 140 cm³/mol. The number of halogens is 1. The van der Waals surface area contributed by atoms with Crippen molar-refractivity contribution < 1.29 is 53.8 Å². The van der Waals surface area contributed by atoms with Crippen molar-refractivity contribution in [3.63, 3.8) is 0 Å². The number of aliphatic hydroxyl groups is 4. The summed E-state index contributed by atoms with van der Waals surface area (Å²) in [6.45, 7) is -1.12.